The molecule has 0 aromatic rings. The molecule has 0 saturated heterocycles. The van der Waals surface area contributed by atoms with Crippen LogP contribution in [0.25, 0.3) is 0 Å². The maximum absolute atomic E-state index is 11.8. The average molecular weight is 166 g/mol. The van der Waals surface area contributed by atoms with E-state index in [1.165, 1.54) is 32.1 Å². The number of hydrogen-bond acceptors (Lipinski definition) is 1. The Morgan fingerprint density at radius 2 is 2.00 bits per heavy atom. The molecule has 0 aliphatic heterocycles. The molecule has 12 heavy (non-hydrogen) atoms. The van der Waals surface area contributed by atoms with Gasteiger partial charge in [0.2, 0.25) is 0 Å². The Morgan fingerprint density at radius 3 is 2.58 bits per heavy atom. The molecule has 0 heterocycles. The van der Waals surface area contributed by atoms with E-state index < -0.39 is 0 Å². The van der Waals surface area contributed by atoms with E-state index in [1.54, 1.807) is 0 Å². The quantitative estimate of drug-likeness (QED) is 0.540. The van der Waals surface area contributed by atoms with Crippen molar-refractivity contribution >= 4 is 5.78 Å². The van der Waals surface area contributed by atoms with Crippen molar-refractivity contribution in [3.8, 4) is 0 Å². The Hall–Kier alpha value is -0.330. The van der Waals surface area contributed by atoms with Crippen LogP contribution in [0.5, 0.6) is 0 Å². The van der Waals surface area contributed by atoms with E-state index in [1.807, 2.05) is 0 Å². The van der Waals surface area contributed by atoms with E-state index in [-0.39, 0.29) is 5.41 Å². The predicted octanol–water partition coefficient (Wildman–Crippen LogP) is 2.94. The van der Waals surface area contributed by atoms with Gasteiger partial charge in [0.15, 0.2) is 0 Å². The van der Waals surface area contributed by atoms with Crippen LogP contribution in [0.15, 0.2) is 0 Å². The summed E-state index contributed by atoms with van der Waals surface area (Å²) in [6.45, 7) is 2.27. The highest BCUT2D eigenvalue weighted by Crippen LogP contribution is 2.50. The lowest BCUT2D eigenvalue weighted by Gasteiger charge is -2.35. The van der Waals surface area contributed by atoms with Gasteiger partial charge in [-0.2, -0.15) is 0 Å². The van der Waals surface area contributed by atoms with Gasteiger partial charge in [-0.3, -0.25) is 4.79 Å². The molecule has 1 heteroatoms. The second-order valence-electron chi connectivity index (χ2n) is 4.58. The van der Waals surface area contributed by atoms with Crippen LogP contribution in [0.4, 0.5) is 0 Å². The Labute approximate surface area is 74.5 Å². The van der Waals surface area contributed by atoms with Crippen molar-refractivity contribution in [1.82, 2.24) is 0 Å². The van der Waals surface area contributed by atoms with Crippen LogP contribution >= 0.6 is 0 Å². The largest absolute Gasteiger partial charge is 0.299 e. The molecule has 2 fully saturated rings. The normalized spacial score (nSPS) is 42.4. The van der Waals surface area contributed by atoms with Gasteiger partial charge in [-0.1, -0.05) is 19.8 Å². The summed E-state index contributed by atoms with van der Waals surface area (Å²) in [5.41, 5.74) is 0.151. The third kappa shape index (κ3) is 1.02. The van der Waals surface area contributed by atoms with Crippen molar-refractivity contribution in [2.75, 3.05) is 0 Å². The number of Topliss-reactive ketones (excluding diaryl/α,β-unsaturated/α-hetero) is 1. The highest BCUT2D eigenvalue weighted by atomic mass is 16.1. The molecule has 0 N–H and O–H groups in total. The Bertz CT molecular complexity index is 197. The lowest BCUT2D eigenvalue weighted by atomic mass is 9.67. The van der Waals surface area contributed by atoms with Crippen molar-refractivity contribution in [2.24, 2.45) is 11.3 Å². The number of rotatable bonds is 0. The van der Waals surface area contributed by atoms with Crippen LogP contribution < -0.4 is 0 Å². The first-order valence-corrected chi connectivity index (χ1v) is 5.29. The van der Waals surface area contributed by atoms with E-state index >= 15 is 0 Å². The molecular weight excluding hydrogens is 148 g/mol. The standard InChI is InChI=1S/C11H18O/c1-9-5-4-8-11(9)7-3-2-6-10(11)12/h9H,2-8H2,1H3/t9-,11?/m0/s1. The number of carbonyl (C=O) groups is 1. The molecular formula is C11H18O. The van der Waals surface area contributed by atoms with Crippen LogP contribution in [-0.4, -0.2) is 5.78 Å². The van der Waals surface area contributed by atoms with Crippen LogP contribution in [0.1, 0.15) is 51.9 Å². The molecule has 68 valence electrons. The molecule has 0 aromatic carbocycles. The minimum Gasteiger partial charge on any atom is -0.299 e. The zero-order valence-electron chi connectivity index (χ0n) is 7.94. The van der Waals surface area contributed by atoms with E-state index in [0.717, 1.165) is 12.8 Å². The van der Waals surface area contributed by atoms with Gasteiger partial charge in [-0.15, -0.1) is 0 Å². The highest BCUT2D eigenvalue weighted by molar-refractivity contribution is 5.86. The van der Waals surface area contributed by atoms with Gasteiger partial charge in [-0.05, 0) is 31.6 Å². The van der Waals surface area contributed by atoms with Gasteiger partial charge in [-0.25, -0.2) is 0 Å². The zero-order valence-corrected chi connectivity index (χ0v) is 7.94. The second-order valence-corrected chi connectivity index (χ2v) is 4.58. The molecule has 0 bridgehead atoms. The van der Waals surface area contributed by atoms with E-state index in [4.69, 9.17) is 0 Å². The summed E-state index contributed by atoms with van der Waals surface area (Å²) in [5, 5.41) is 0. The first-order chi connectivity index (χ1) is 5.76. The molecule has 0 aromatic heterocycles. The third-order valence-electron chi connectivity index (χ3n) is 4.04. The maximum Gasteiger partial charge on any atom is 0.139 e. The van der Waals surface area contributed by atoms with Crippen molar-refractivity contribution in [3.05, 3.63) is 0 Å². The third-order valence-corrected chi connectivity index (χ3v) is 4.04. The zero-order chi connectivity index (χ0) is 8.60. The summed E-state index contributed by atoms with van der Waals surface area (Å²) in [6.07, 6.45) is 8.24. The number of ketones is 1. The molecule has 0 radical (unpaired) electrons. The Kier molecular flexibility index (Phi) is 1.97. The van der Waals surface area contributed by atoms with Crippen LogP contribution in [-0.2, 0) is 4.79 Å². The molecule has 2 aliphatic carbocycles. The van der Waals surface area contributed by atoms with E-state index in [9.17, 15) is 4.79 Å². The summed E-state index contributed by atoms with van der Waals surface area (Å²) in [7, 11) is 0. The second kappa shape index (κ2) is 2.86. The van der Waals surface area contributed by atoms with Crippen LogP contribution in [0, 0.1) is 11.3 Å². The first kappa shape index (κ1) is 8.28. The monoisotopic (exact) mass is 166 g/mol. The lowest BCUT2D eigenvalue weighted by molar-refractivity contribution is -0.133. The molecule has 2 saturated carbocycles. The van der Waals surface area contributed by atoms with Gasteiger partial charge in [0.25, 0.3) is 0 Å². The molecule has 1 nitrogen and oxygen atoms in total. The summed E-state index contributed by atoms with van der Waals surface area (Å²) < 4.78 is 0. The molecule has 1 unspecified atom stereocenters. The molecule has 1 spiro atoms. The Morgan fingerprint density at radius 1 is 1.25 bits per heavy atom. The van der Waals surface area contributed by atoms with Gasteiger partial charge in [0, 0.05) is 11.8 Å². The number of hydrogen-bond donors (Lipinski definition) is 0. The van der Waals surface area contributed by atoms with Crippen LogP contribution in [0.3, 0.4) is 0 Å². The van der Waals surface area contributed by atoms with Crippen molar-refractivity contribution in [2.45, 2.75) is 51.9 Å². The summed E-state index contributed by atoms with van der Waals surface area (Å²) in [5.74, 6) is 1.25. The van der Waals surface area contributed by atoms with Gasteiger partial charge in [0.05, 0.1) is 0 Å². The Balaban J connectivity index is 2.21. The fourth-order valence-electron chi connectivity index (χ4n) is 3.15. The summed E-state index contributed by atoms with van der Waals surface area (Å²) >= 11 is 0. The van der Waals surface area contributed by atoms with Crippen molar-refractivity contribution in [3.63, 3.8) is 0 Å². The smallest absolute Gasteiger partial charge is 0.139 e. The minimum atomic E-state index is 0.151. The van der Waals surface area contributed by atoms with Crippen LogP contribution in [0.2, 0.25) is 0 Å². The lowest BCUT2D eigenvalue weighted by Crippen LogP contribution is -2.36. The predicted molar refractivity (Wildman–Crippen MR) is 48.9 cm³/mol. The first-order valence-electron chi connectivity index (χ1n) is 5.29. The number of carbonyl (C=O) groups excluding carboxylic acids is 1. The van der Waals surface area contributed by atoms with Gasteiger partial charge in [0.1, 0.15) is 5.78 Å². The average Bonchev–Trinajstić information content (AvgIpc) is 2.41. The van der Waals surface area contributed by atoms with E-state index in [2.05, 4.69) is 6.92 Å². The van der Waals surface area contributed by atoms with Crippen molar-refractivity contribution in [1.29, 1.82) is 0 Å². The van der Waals surface area contributed by atoms with Gasteiger partial charge < -0.3 is 0 Å². The topological polar surface area (TPSA) is 17.1 Å². The molecule has 2 rings (SSSR count). The van der Waals surface area contributed by atoms with E-state index in [0.29, 0.717) is 11.7 Å². The molecule has 0 amide bonds. The molecule has 2 atom stereocenters. The minimum absolute atomic E-state index is 0.151. The fourth-order valence-corrected chi connectivity index (χ4v) is 3.15. The SMILES string of the molecule is C[C@H]1CCCC12CCCCC2=O. The van der Waals surface area contributed by atoms with Gasteiger partial charge >= 0.3 is 0 Å². The molecule has 2 aliphatic rings. The summed E-state index contributed by atoms with van der Waals surface area (Å²) in [4.78, 5) is 11.8. The van der Waals surface area contributed by atoms with Crippen molar-refractivity contribution < 1.29 is 4.79 Å². The highest BCUT2D eigenvalue weighted by Gasteiger charge is 2.46. The summed E-state index contributed by atoms with van der Waals surface area (Å²) in [6, 6.07) is 0. The fraction of sp³-hybridized carbons (Fsp3) is 0.909. The maximum atomic E-state index is 11.8.